The van der Waals surface area contributed by atoms with Crippen molar-refractivity contribution >= 4 is 17.7 Å². The van der Waals surface area contributed by atoms with Gasteiger partial charge in [0.05, 0.1) is 12.7 Å². The van der Waals surface area contributed by atoms with E-state index in [1.54, 1.807) is 36.4 Å². The van der Waals surface area contributed by atoms with Crippen LogP contribution in [0.15, 0.2) is 47.3 Å². The van der Waals surface area contributed by atoms with Gasteiger partial charge in [0.25, 0.3) is 5.56 Å². The van der Waals surface area contributed by atoms with Gasteiger partial charge in [-0.25, -0.2) is 9.59 Å². The number of hydrogen-bond acceptors (Lipinski definition) is 4. The molecule has 0 unspecified atom stereocenters. The van der Waals surface area contributed by atoms with Gasteiger partial charge in [-0.1, -0.05) is 6.07 Å². The molecule has 2 aliphatic heterocycles. The Morgan fingerprint density at radius 1 is 1.07 bits per heavy atom. The van der Waals surface area contributed by atoms with Gasteiger partial charge in [-0.3, -0.25) is 4.79 Å². The summed E-state index contributed by atoms with van der Waals surface area (Å²) in [6, 6.07) is 11.8. The summed E-state index contributed by atoms with van der Waals surface area (Å²) < 4.78 is 6.52. The average Bonchev–Trinajstić information content (AvgIpc) is 2.68. The Morgan fingerprint density at radius 3 is 2.59 bits per heavy atom. The first-order valence-electron chi connectivity index (χ1n) is 8.99. The Morgan fingerprint density at radius 2 is 1.85 bits per heavy atom. The molecule has 140 valence electrons. The number of nitrogens with one attached hydrogen (secondary N) is 1. The van der Waals surface area contributed by atoms with Crippen molar-refractivity contribution in [1.82, 2.24) is 9.47 Å². The monoisotopic (exact) mass is 367 g/mol. The van der Waals surface area contributed by atoms with Gasteiger partial charge in [-0.15, -0.1) is 0 Å². The molecule has 3 heterocycles. The molecule has 2 aromatic rings. The summed E-state index contributed by atoms with van der Waals surface area (Å²) in [5, 5.41) is 2.89. The number of amides is 2. The van der Waals surface area contributed by atoms with E-state index in [9.17, 15) is 14.4 Å². The zero-order valence-electron chi connectivity index (χ0n) is 15.1. The van der Waals surface area contributed by atoms with Crippen molar-refractivity contribution in [3.05, 3.63) is 64.1 Å². The number of fused-ring (bicyclic) bond motifs is 4. The third-order valence-corrected chi connectivity index (χ3v) is 5.32. The van der Waals surface area contributed by atoms with Crippen LogP contribution in [0.5, 0.6) is 0 Å². The Bertz CT molecular complexity index is 935. The molecule has 1 N–H and O–H groups in total. The molecular weight excluding hydrogens is 346 g/mol. The number of carbonyl (C=O) groups is 2. The minimum atomic E-state index is -0.411. The molecule has 0 spiro atoms. The number of anilines is 1. The van der Waals surface area contributed by atoms with Gasteiger partial charge < -0.3 is 19.5 Å². The van der Waals surface area contributed by atoms with E-state index in [1.165, 1.54) is 7.11 Å². The molecule has 1 aromatic heterocycles. The molecule has 1 fully saturated rings. The van der Waals surface area contributed by atoms with Crippen molar-refractivity contribution in [2.75, 3.05) is 25.5 Å². The fraction of sp³-hybridized carbons (Fsp3) is 0.350. The van der Waals surface area contributed by atoms with Crippen LogP contribution in [0.3, 0.4) is 0 Å². The van der Waals surface area contributed by atoms with Gasteiger partial charge in [0.15, 0.2) is 0 Å². The number of piperidine rings is 1. The number of pyridine rings is 1. The van der Waals surface area contributed by atoms with Crippen LogP contribution < -0.4 is 10.9 Å². The summed E-state index contributed by atoms with van der Waals surface area (Å²) in [4.78, 5) is 38.1. The first kappa shape index (κ1) is 17.3. The Hall–Kier alpha value is -3.09. The first-order chi connectivity index (χ1) is 13.0. The second-order valence-corrected chi connectivity index (χ2v) is 7.10. The third kappa shape index (κ3) is 3.32. The highest BCUT2D eigenvalue weighted by Gasteiger charge is 2.36. The van der Waals surface area contributed by atoms with E-state index >= 15 is 0 Å². The number of hydrogen-bond donors (Lipinski definition) is 1. The van der Waals surface area contributed by atoms with E-state index in [0.29, 0.717) is 30.9 Å². The molecule has 2 atom stereocenters. The van der Waals surface area contributed by atoms with Crippen LogP contribution in [0.2, 0.25) is 0 Å². The van der Waals surface area contributed by atoms with Gasteiger partial charge in [-0.05, 0) is 42.7 Å². The summed E-state index contributed by atoms with van der Waals surface area (Å²) >= 11 is 0. The molecule has 2 bridgehead atoms. The van der Waals surface area contributed by atoms with Crippen molar-refractivity contribution in [3.63, 3.8) is 0 Å². The molecule has 7 heteroatoms. The van der Waals surface area contributed by atoms with Gasteiger partial charge in [0, 0.05) is 43.0 Å². The number of methoxy groups -OCH3 is 1. The van der Waals surface area contributed by atoms with E-state index in [-0.39, 0.29) is 23.4 Å². The highest BCUT2D eigenvalue weighted by Crippen LogP contribution is 2.35. The maximum atomic E-state index is 12.7. The number of carbonyl (C=O) groups excluding carboxylic acids is 2. The molecule has 27 heavy (non-hydrogen) atoms. The molecule has 0 radical (unpaired) electrons. The Kier molecular flexibility index (Phi) is 4.43. The number of nitrogens with zero attached hydrogens (tertiary/aromatic N) is 2. The smallest absolute Gasteiger partial charge is 0.337 e. The Labute approximate surface area is 156 Å². The van der Waals surface area contributed by atoms with Crippen LogP contribution in [-0.2, 0) is 11.3 Å². The fourth-order valence-electron chi connectivity index (χ4n) is 4.07. The number of esters is 1. The van der Waals surface area contributed by atoms with Crippen LogP contribution in [0.25, 0.3) is 0 Å². The lowest BCUT2D eigenvalue weighted by atomic mass is 9.83. The van der Waals surface area contributed by atoms with Crippen LogP contribution in [0.4, 0.5) is 10.5 Å². The van der Waals surface area contributed by atoms with Crippen molar-refractivity contribution in [2.45, 2.75) is 18.9 Å². The molecular formula is C20H21N3O4. The summed E-state index contributed by atoms with van der Waals surface area (Å²) in [5.74, 6) is 0.0493. The molecule has 4 rings (SSSR count). The summed E-state index contributed by atoms with van der Waals surface area (Å²) in [6.45, 7) is 1.87. The minimum absolute atomic E-state index is 0.0331. The number of likely N-dealkylation sites (tertiary alicyclic amines) is 1. The SMILES string of the molecule is COC(=O)c1ccc(NC(=O)N2C[C@H]3C[C@H](C2)c2cccc(=O)n2C3)cc1. The largest absolute Gasteiger partial charge is 0.465 e. The number of urea groups is 1. The van der Waals surface area contributed by atoms with Gasteiger partial charge in [0.1, 0.15) is 0 Å². The van der Waals surface area contributed by atoms with E-state index in [1.807, 2.05) is 15.5 Å². The van der Waals surface area contributed by atoms with Crippen LogP contribution >= 0.6 is 0 Å². The second kappa shape index (κ2) is 6.90. The number of aromatic nitrogens is 1. The van der Waals surface area contributed by atoms with Crippen molar-refractivity contribution in [2.24, 2.45) is 5.92 Å². The molecule has 1 saturated heterocycles. The molecule has 2 aliphatic rings. The van der Waals surface area contributed by atoms with E-state index in [0.717, 1.165) is 12.1 Å². The minimum Gasteiger partial charge on any atom is -0.465 e. The summed E-state index contributed by atoms with van der Waals surface area (Å²) in [5.41, 5.74) is 2.11. The van der Waals surface area contributed by atoms with Crippen molar-refractivity contribution in [3.8, 4) is 0 Å². The van der Waals surface area contributed by atoms with Gasteiger partial charge >= 0.3 is 12.0 Å². The highest BCUT2D eigenvalue weighted by atomic mass is 16.5. The topological polar surface area (TPSA) is 80.6 Å². The van der Waals surface area contributed by atoms with Crippen LogP contribution in [-0.4, -0.2) is 41.7 Å². The zero-order chi connectivity index (χ0) is 19.0. The molecule has 7 nitrogen and oxygen atoms in total. The van der Waals surface area contributed by atoms with E-state index in [4.69, 9.17) is 0 Å². The summed E-state index contributed by atoms with van der Waals surface area (Å²) in [7, 11) is 1.33. The predicted molar refractivity (Wildman–Crippen MR) is 99.9 cm³/mol. The second-order valence-electron chi connectivity index (χ2n) is 7.10. The lowest BCUT2D eigenvalue weighted by Gasteiger charge is -2.42. The fourth-order valence-corrected chi connectivity index (χ4v) is 4.07. The quantitative estimate of drug-likeness (QED) is 0.826. The maximum Gasteiger partial charge on any atom is 0.337 e. The van der Waals surface area contributed by atoms with E-state index < -0.39 is 5.97 Å². The molecule has 0 saturated carbocycles. The number of ether oxygens (including phenoxy) is 1. The maximum absolute atomic E-state index is 12.7. The molecule has 1 aromatic carbocycles. The lowest BCUT2D eigenvalue weighted by molar-refractivity contribution is 0.0600. The summed E-state index contributed by atoms with van der Waals surface area (Å²) in [6.07, 6.45) is 1.00. The van der Waals surface area contributed by atoms with Crippen LogP contribution in [0, 0.1) is 5.92 Å². The third-order valence-electron chi connectivity index (χ3n) is 5.32. The van der Waals surface area contributed by atoms with Gasteiger partial charge in [0.2, 0.25) is 0 Å². The first-order valence-corrected chi connectivity index (χ1v) is 8.99. The molecule has 0 aliphatic carbocycles. The molecule has 2 amide bonds. The standard InChI is InChI=1S/C20H21N3O4/c1-27-19(25)14-5-7-16(8-6-14)21-20(26)22-10-13-9-15(12-22)17-3-2-4-18(24)23(17)11-13/h2-8,13,15H,9-12H2,1H3,(H,21,26)/t13-,15-/m1/s1. The number of rotatable bonds is 2. The average molecular weight is 367 g/mol. The number of benzene rings is 1. The normalized spacial score (nSPS) is 20.6. The van der Waals surface area contributed by atoms with E-state index in [2.05, 4.69) is 10.1 Å². The Balaban J connectivity index is 1.46. The highest BCUT2D eigenvalue weighted by molar-refractivity contribution is 5.92. The zero-order valence-corrected chi connectivity index (χ0v) is 15.1. The van der Waals surface area contributed by atoms with Crippen LogP contribution in [0.1, 0.15) is 28.4 Å². The van der Waals surface area contributed by atoms with Crippen molar-refractivity contribution in [1.29, 1.82) is 0 Å². The lowest BCUT2D eigenvalue weighted by Crippen LogP contribution is -2.50. The predicted octanol–water partition coefficient (Wildman–Crippen LogP) is 2.29. The van der Waals surface area contributed by atoms with Gasteiger partial charge in [-0.2, -0.15) is 0 Å². The van der Waals surface area contributed by atoms with Crippen molar-refractivity contribution < 1.29 is 14.3 Å².